The van der Waals surface area contributed by atoms with Gasteiger partial charge in [0.05, 0.1) is 16.2 Å². The van der Waals surface area contributed by atoms with Gasteiger partial charge >= 0.3 is 6.18 Å². The molecule has 3 aromatic carbocycles. The lowest BCUT2D eigenvalue weighted by Crippen LogP contribution is -2.45. The summed E-state index contributed by atoms with van der Waals surface area (Å²) in [5, 5.41) is 0.542. The van der Waals surface area contributed by atoms with Crippen LogP contribution in [0.5, 0.6) is 0 Å². The summed E-state index contributed by atoms with van der Waals surface area (Å²) >= 11 is 6.01. The van der Waals surface area contributed by atoms with E-state index in [2.05, 4.69) is 5.43 Å². The molecule has 1 aliphatic rings. The summed E-state index contributed by atoms with van der Waals surface area (Å²) in [6.07, 6.45) is -4.13. The Kier molecular flexibility index (Phi) is 6.03. The average Bonchev–Trinajstić information content (AvgIpc) is 2.79. The van der Waals surface area contributed by atoms with Crippen molar-refractivity contribution in [2.24, 2.45) is 0 Å². The number of hydrazine groups is 1. The van der Waals surface area contributed by atoms with Crippen LogP contribution in [-0.4, -0.2) is 19.4 Å². The third kappa shape index (κ3) is 4.53. The standard InChI is InChI=1S/C23H18ClF3N2O2S/c24-19-10-6-17(7-11-19)22-21(16-4-2-1-3-5-16)14-15-29(28-22)32(30,31)20-12-8-18(9-13-20)23(25,26)27/h1-13,28H,14-15H2. The van der Waals surface area contributed by atoms with Gasteiger partial charge in [-0.2, -0.15) is 13.2 Å². The first-order valence-electron chi connectivity index (χ1n) is 9.67. The Bertz CT molecular complexity index is 1240. The van der Waals surface area contributed by atoms with E-state index < -0.39 is 21.8 Å². The first-order chi connectivity index (χ1) is 15.2. The molecule has 0 unspecified atom stereocenters. The van der Waals surface area contributed by atoms with Crippen molar-refractivity contribution in [3.63, 3.8) is 0 Å². The second kappa shape index (κ2) is 8.61. The van der Waals surface area contributed by atoms with Crippen LogP contribution in [0, 0.1) is 0 Å². The monoisotopic (exact) mass is 478 g/mol. The van der Waals surface area contributed by atoms with Crippen molar-refractivity contribution in [2.45, 2.75) is 17.5 Å². The predicted octanol–water partition coefficient (Wildman–Crippen LogP) is 5.83. The maximum atomic E-state index is 13.2. The lowest BCUT2D eigenvalue weighted by atomic mass is 9.96. The summed E-state index contributed by atoms with van der Waals surface area (Å²) < 4.78 is 65.9. The van der Waals surface area contributed by atoms with Gasteiger partial charge in [0.2, 0.25) is 0 Å². The molecule has 0 fully saturated rings. The maximum Gasteiger partial charge on any atom is 0.416 e. The van der Waals surface area contributed by atoms with E-state index in [9.17, 15) is 21.6 Å². The Hall–Kier alpha value is -2.81. The fraction of sp³-hybridized carbons (Fsp3) is 0.130. The van der Waals surface area contributed by atoms with E-state index in [4.69, 9.17) is 11.6 Å². The van der Waals surface area contributed by atoms with Crippen molar-refractivity contribution < 1.29 is 21.6 Å². The summed E-state index contributed by atoms with van der Waals surface area (Å²) in [5.41, 5.74) is 5.27. The molecule has 1 heterocycles. The number of rotatable bonds is 4. The smallest absolute Gasteiger partial charge is 0.304 e. The highest BCUT2D eigenvalue weighted by molar-refractivity contribution is 7.89. The second-order valence-electron chi connectivity index (χ2n) is 7.19. The highest BCUT2D eigenvalue weighted by Gasteiger charge is 2.33. The van der Waals surface area contributed by atoms with Gasteiger partial charge in [-0.1, -0.05) is 54.1 Å². The topological polar surface area (TPSA) is 49.4 Å². The first kappa shape index (κ1) is 22.4. The Morgan fingerprint density at radius 3 is 2.06 bits per heavy atom. The Balaban J connectivity index is 1.72. The van der Waals surface area contributed by atoms with Crippen LogP contribution in [0.25, 0.3) is 11.3 Å². The molecule has 0 aliphatic carbocycles. The molecule has 3 aromatic rings. The number of alkyl halides is 3. The molecule has 9 heteroatoms. The minimum atomic E-state index is -4.54. The number of hydrogen-bond acceptors (Lipinski definition) is 3. The van der Waals surface area contributed by atoms with Crippen molar-refractivity contribution >= 4 is 32.9 Å². The fourth-order valence-electron chi connectivity index (χ4n) is 3.49. The van der Waals surface area contributed by atoms with Gasteiger partial charge < -0.3 is 5.43 Å². The zero-order valence-corrected chi connectivity index (χ0v) is 18.2. The molecule has 0 saturated heterocycles. The Morgan fingerprint density at radius 1 is 0.844 bits per heavy atom. The lowest BCUT2D eigenvalue weighted by molar-refractivity contribution is -0.137. The summed E-state index contributed by atoms with van der Waals surface area (Å²) in [6.45, 7) is 0.116. The highest BCUT2D eigenvalue weighted by Crippen LogP contribution is 2.34. The van der Waals surface area contributed by atoms with E-state index in [-0.39, 0.29) is 11.4 Å². The quantitative estimate of drug-likeness (QED) is 0.513. The van der Waals surface area contributed by atoms with Gasteiger partial charge in [0, 0.05) is 11.6 Å². The number of halogens is 4. The molecule has 0 amide bonds. The zero-order chi connectivity index (χ0) is 22.9. The van der Waals surface area contributed by atoms with E-state index in [0.717, 1.165) is 45.4 Å². The molecule has 0 bridgehead atoms. The van der Waals surface area contributed by atoms with Crippen molar-refractivity contribution in [3.05, 3.63) is 101 Å². The third-order valence-corrected chi connectivity index (χ3v) is 7.10. The molecule has 0 radical (unpaired) electrons. The predicted molar refractivity (Wildman–Crippen MR) is 118 cm³/mol. The van der Waals surface area contributed by atoms with Gasteiger partial charge in [-0.25, -0.2) is 8.42 Å². The van der Waals surface area contributed by atoms with Crippen LogP contribution in [0.4, 0.5) is 13.2 Å². The van der Waals surface area contributed by atoms with Gasteiger partial charge in [0.25, 0.3) is 10.0 Å². The molecule has 4 nitrogen and oxygen atoms in total. The van der Waals surface area contributed by atoms with Crippen molar-refractivity contribution in [3.8, 4) is 0 Å². The molecule has 0 aromatic heterocycles. The van der Waals surface area contributed by atoms with Crippen LogP contribution in [0.15, 0.2) is 83.8 Å². The van der Waals surface area contributed by atoms with Crippen LogP contribution < -0.4 is 5.43 Å². The highest BCUT2D eigenvalue weighted by atomic mass is 35.5. The van der Waals surface area contributed by atoms with Crippen molar-refractivity contribution in [2.75, 3.05) is 6.54 Å². The Morgan fingerprint density at radius 2 is 1.47 bits per heavy atom. The summed E-state index contributed by atoms with van der Waals surface area (Å²) in [4.78, 5) is -0.225. The molecular formula is C23H18ClF3N2O2S. The normalized spacial score (nSPS) is 15.5. The SMILES string of the molecule is O=S(=O)(c1ccc(C(F)(F)F)cc1)N1CCC(c2ccccc2)=C(c2ccc(Cl)cc2)N1. The lowest BCUT2D eigenvalue weighted by Gasteiger charge is -2.32. The van der Waals surface area contributed by atoms with Crippen molar-refractivity contribution in [1.29, 1.82) is 0 Å². The Labute approximate surface area is 189 Å². The molecule has 0 spiro atoms. The zero-order valence-electron chi connectivity index (χ0n) is 16.6. The summed E-state index contributed by atoms with van der Waals surface area (Å²) in [7, 11) is -4.08. The number of benzene rings is 3. The largest absolute Gasteiger partial charge is 0.416 e. The molecule has 0 saturated carbocycles. The molecular weight excluding hydrogens is 461 g/mol. The molecule has 32 heavy (non-hydrogen) atoms. The van der Waals surface area contributed by atoms with Crippen LogP contribution in [0.2, 0.25) is 5.02 Å². The number of nitrogens with zero attached hydrogens (tertiary/aromatic N) is 1. The van der Waals surface area contributed by atoms with E-state index in [0.29, 0.717) is 17.1 Å². The van der Waals surface area contributed by atoms with Crippen LogP contribution in [0.1, 0.15) is 23.1 Å². The van der Waals surface area contributed by atoms with Crippen LogP contribution in [-0.2, 0) is 16.2 Å². The minimum absolute atomic E-state index is 0.116. The first-order valence-corrected chi connectivity index (χ1v) is 11.5. The van der Waals surface area contributed by atoms with Gasteiger partial charge in [-0.05, 0) is 59.5 Å². The average molecular weight is 479 g/mol. The maximum absolute atomic E-state index is 13.2. The van der Waals surface area contributed by atoms with Gasteiger partial charge in [-0.3, -0.25) is 0 Å². The van der Waals surface area contributed by atoms with Crippen LogP contribution in [0.3, 0.4) is 0 Å². The number of hydrogen-bond donors (Lipinski definition) is 1. The molecule has 1 aliphatic heterocycles. The second-order valence-corrected chi connectivity index (χ2v) is 9.49. The number of nitrogens with one attached hydrogen (secondary N) is 1. The molecule has 1 N–H and O–H groups in total. The molecule has 166 valence electrons. The molecule has 0 atom stereocenters. The van der Waals surface area contributed by atoms with E-state index in [1.54, 1.807) is 24.3 Å². The van der Waals surface area contributed by atoms with Gasteiger partial charge in [-0.15, -0.1) is 4.41 Å². The van der Waals surface area contributed by atoms with Crippen molar-refractivity contribution in [1.82, 2.24) is 9.84 Å². The summed E-state index contributed by atoms with van der Waals surface area (Å²) in [6, 6.07) is 20.0. The number of sulfonamides is 1. The fourth-order valence-corrected chi connectivity index (χ4v) is 4.90. The van der Waals surface area contributed by atoms with E-state index in [1.165, 1.54) is 0 Å². The van der Waals surface area contributed by atoms with E-state index in [1.807, 2.05) is 30.3 Å². The van der Waals surface area contributed by atoms with Gasteiger partial charge in [0.1, 0.15) is 0 Å². The van der Waals surface area contributed by atoms with E-state index >= 15 is 0 Å². The van der Waals surface area contributed by atoms with Crippen LogP contribution >= 0.6 is 11.6 Å². The minimum Gasteiger partial charge on any atom is -0.304 e. The third-order valence-electron chi connectivity index (χ3n) is 5.13. The molecule has 4 rings (SSSR count). The summed E-state index contributed by atoms with van der Waals surface area (Å²) in [5.74, 6) is 0. The van der Waals surface area contributed by atoms with Gasteiger partial charge in [0.15, 0.2) is 0 Å².